The van der Waals surface area contributed by atoms with Gasteiger partial charge in [0.15, 0.2) is 0 Å². The zero-order valence-electron chi connectivity index (χ0n) is 66.7. The fourth-order valence-corrected chi connectivity index (χ4v) is 24.5. The zero-order valence-corrected chi connectivity index (χ0v) is 66.7. The first-order valence-corrected chi connectivity index (χ1v) is 38.8. The predicted molar refractivity (Wildman–Crippen MR) is 418 cm³/mol. The molecule has 10 aliphatic rings. The van der Waals surface area contributed by atoms with E-state index in [1.807, 2.05) is 0 Å². The van der Waals surface area contributed by atoms with Gasteiger partial charge in [0.2, 0.25) is 0 Å². The van der Waals surface area contributed by atoms with Crippen molar-refractivity contribution in [2.45, 2.75) is 282 Å². The minimum atomic E-state index is 0.197. The molecule has 10 heteroatoms. The molecule has 17 rings (SSSR count). The number of aromatic nitrogens is 5. The van der Waals surface area contributed by atoms with Crippen LogP contribution in [0.25, 0.3) is 0 Å². The molecule has 0 radical (unpaired) electrons. The number of hydrogen-bond acceptors (Lipinski definition) is 10. The van der Waals surface area contributed by atoms with E-state index in [-0.39, 0.29) is 5.41 Å². The van der Waals surface area contributed by atoms with Gasteiger partial charge in [0.25, 0.3) is 0 Å². The van der Waals surface area contributed by atoms with Gasteiger partial charge in [-0.05, 0) is 317 Å². The minimum absolute atomic E-state index is 0.197. The van der Waals surface area contributed by atoms with Crippen molar-refractivity contribution in [1.29, 1.82) is 0 Å². The molecule has 7 aromatic rings. The van der Waals surface area contributed by atoms with Crippen LogP contribution in [0, 0.1) is 127 Å². The predicted octanol–water partition coefficient (Wildman–Crippen LogP) is 19.0. The molecule has 0 N–H and O–H groups in total. The Hall–Kier alpha value is -6.33. The molecule has 20 atom stereocenters. The van der Waals surface area contributed by atoms with Crippen LogP contribution in [0.15, 0.2) is 78.9 Å². The maximum absolute atomic E-state index is 4.77. The van der Waals surface area contributed by atoms with Gasteiger partial charge < -0.3 is 9.80 Å². The lowest BCUT2D eigenvalue weighted by Crippen LogP contribution is -2.45. The van der Waals surface area contributed by atoms with Crippen LogP contribution in [0.2, 0.25) is 0 Å². The van der Waals surface area contributed by atoms with E-state index in [0.29, 0.717) is 88.1 Å². The highest BCUT2D eigenvalue weighted by atomic mass is 15.3. The van der Waals surface area contributed by atoms with Gasteiger partial charge in [-0.25, -0.2) is 0 Å². The number of aryl methyl sites for hydroxylation is 15. The van der Waals surface area contributed by atoms with E-state index >= 15 is 0 Å². The maximum Gasteiger partial charge on any atom is 0.0414 e. The molecule has 10 bridgehead atoms. The highest BCUT2D eigenvalue weighted by molar-refractivity contribution is 5.70. The van der Waals surface area contributed by atoms with Crippen molar-refractivity contribution in [3.63, 3.8) is 0 Å². The van der Waals surface area contributed by atoms with Crippen LogP contribution < -0.4 is 9.80 Å². The first-order chi connectivity index (χ1) is 47.0. The Morgan fingerprint density at radius 1 is 0.410 bits per heavy atom. The summed E-state index contributed by atoms with van der Waals surface area (Å²) in [7, 11) is 0. The molecule has 15 heterocycles. The summed E-state index contributed by atoms with van der Waals surface area (Å²) >= 11 is 0. The maximum atomic E-state index is 4.77. The molecule has 534 valence electrons. The van der Waals surface area contributed by atoms with Crippen LogP contribution in [0.5, 0.6) is 0 Å². The molecule has 5 aromatic heterocycles. The number of piperidine rings is 3. The van der Waals surface area contributed by atoms with Crippen molar-refractivity contribution in [1.82, 2.24) is 39.6 Å². The highest BCUT2D eigenvalue weighted by Gasteiger charge is 2.62. The molecule has 8 saturated heterocycles. The zero-order chi connectivity index (χ0) is 72.2. The van der Waals surface area contributed by atoms with Gasteiger partial charge in [0.1, 0.15) is 0 Å². The molecule has 8 fully saturated rings. The third-order valence-corrected chi connectivity index (χ3v) is 28.6. The van der Waals surface area contributed by atoms with Crippen molar-refractivity contribution in [2.24, 2.45) is 22.7 Å². The number of pyridine rings is 5. The molecular formula is C90H124N10. The van der Waals surface area contributed by atoms with Crippen molar-refractivity contribution >= 4 is 11.4 Å². The average Bonchev–Trinajstić information content (AvgIpc) is 1.54. The van der Waals surface area contributed by atoms with Crippen molar-refractivity contribution < 1.29 is 0 Å². The van der Waals surface area contributed by atoms with E-state index in [4.69, 9.17) is 24.9 Å². The van der Waals surface area contributed by atoms with Crippen molar-refractivity contribution in [3.05, 3.63) is 203 Å². The van der Waals surface area contributed by atoms with E-state index in [9.17, 15) is 0 Å². The number of para-hydroxylation sites is 2. The highest BCUT2D eigenvalue weighted by Crippen LogP contribution is 2.62. The third-order valence-electron chi connectivity index (χ3n) is 28.6. The topological polar surface area (TPSA) is 80.7 Å². The molecular weight excluding hydrogens is 1220 g/mol. The van der Waals surface area contributed by atoms with Crippen molar-refractivity contribution in [3.8, 4) is 0 Å². The van der Waals surface area contributed by atoms with Crippen LogP contribution >= 0.6 is 0 Å². The number of hydrogen-bond donors (Lipinski definition) is 0. The first kappa shape index (κ1) is 72.0. The van der Waals surface area contributed by atoms with Crippen LogP contribution in [-0.4, -0.2) is 121 Å². The molecule has 10 nitrogen and oxygen atoms in total. The Kier molecular flexibility index (Phi) is 18.8. The Labute approximate surface area is 604 Å². The van der Waals surface area contributed by atoms with Crippen LogP contribution in [0.1, 0.15) is 255 Å². The van der Waals surface area contributed by atoms with Gasteiger partial charge in [-0.1, -0.05) is 64.1 Å². The smallest absolute Gasteiger partial charge is 0.0414 e. The molecule has 20 unspecified atom stereocenters. The normalized spacial score (nSPS) is 34.3. The Balaban J connectivity index is 0.000000112. The summed E-state index contributed by atoms with van der Waals surface area (Å²) in [5.74, 6) is 5.22. The Morgan fingerprint density at radius 2 is 0.870 bits per heavy atom. The fraction of sp³-hybridized carbons (Fsp3) is 0.589. The molecule has 0 spiro atoms. The Morgan fingerprint density at radius 3 is 1.34 bits per heavy atom. The van der Waals surface area contributed by atoms with Gasteiger partial charge >= 0.3 is 0 Å². The van der Waals surface area contributed by atoms with Gasteiger partial charge in [-0.3, -0.25) is 39.6 Å². The lowest BCUT2D eigenvalue weighted by molar-refractivity contribution is 0.112. The fourth-order valence-electron chi connectivity index (χ4n) is 24.5. The lowest BCUT2D eigenvalue weighted by atomic mass is 9.63. The van der Waals surface area contributed by atoms with E-state index in [0.717, 1.165) is 53.4 Å². The average molecular weight is 1350 g/mol. The van der Waals surface area contributed by atoms with Crippen molar-refractivity contribution in [2.75, 3.05) is 49.1 Å². The standard InChI is InChI=1S/C20H24N2.C19H22N2.C18H28N2.C17H26N2.C16H24N2/c1-12-10-13(2)21-14(3)18(12)19-15(4)22-11-20(19,5)16-8-6-7-9-17(16)22;1-11-9-12(2)20-13(3)18(11)19-14(4)21-10-16(19)15-7-5-6-8-17(15)21;1-10-8-11(2)19-13(4)16(10)17-15(6)20-9-18(17,7)12(3)14(20)5;1-10-9-11(2)18-12(3)15(10)16-13(4)19-8-7-14(16)17(19,5)6;1-10-8-11(2)17-12(3)14(10)15-13(4)18-7-6-16(15,5)9-18/h6-10,15,19H,11H2,1-5H3;5-9,14,16,19H,10H2,1-4H3;8,12,14-15,17H,9H2,1-7H3;9,13-14,16H,7-8H2,1-6H3;8,13,15H,6-7,9H2,1-5H3. The van der Waals surface area contributed by atoms with E-state index in [2.05, 4.69) is 290 Å². The largest absolute Gasteiger partial charge is 0.367 e. The molecule has 100 heavy (non-hydrogen) atoms. The van der Waals surface area contributed by atoms with E-state index in [1.165, 1.54) is 146 Å². The van der Waals surface area contributed by atoms with Gasteiger partial charge in [0, 0.05) is 177 Å². The third kappa shape index (κ3) is 11.5. The molecule has 0 saturated carbocycles. The molecule has 2 aromatic carbocycles. The Bertz CT molecular complexity index is 4180. The quantitative estimate of drug-likeness (QED) is 0.166. The second kappa shape index (κ2) is 26.1. The second-order valence-electron chi connectivity index (χ2n) is 35.3. The number of anilines is 2. The molecule has 0 aliphatic carbocycles. The number of rotatable bonds is 5. The summed E-state index contributed by atoms with van der Waals surface area (Å²) in [5, 5.41) is 0. The SMILES string of the molecule is Cc1cc(C)c(C2C(C)N3CC2(C)C(C)C3C)c(C)n1.Cc1cc(C)c(C2C(C)N3CC2(C)c2ccccc23)c(C)n1.Cc1cc(C)c(C2C(C)N3CCC2(C)C3)c(C)n1.Cc1cc(C)c(C2C(C)N3CCC2C3(C)C)c(C)n1.Cc1cc(C)c(C2C3CN(c4ccccc43)C2C)c(C)n1. The second-order valence-corrected chi connectivity index (χ2v) is 35.3. The first-order valence-electron chi connectivity index (χ1n) is 38.8. The molecule has 10 aliphatic heterocycles. The summed E-state index contributed by atoms with van der Waals surface area (Å²) in [6.45, 7) is 69.1. The summed E-state index contributed by atoms with van der Waals surface area (Å²) < 4.78 is 0. The summed E-state index contributed by atoms with van der Waals surface area (Å²) in [6.07, 6.45) is 2.68. The van der Waals surface area contributed by atoms with E-state index < -0.39 is 0 Å². The van der Waals surface area contributed by atoms with Gasteiger partial charge in [-0.15, -0.1) is 0 Å². The summed E-state index contributed by atoms with van der Waals surface area (Å²) in [6, 6.07) is 32.9. The van der Waals surface area contributed by atoms with Crippen LogP contribution in [-0.2, 0) is 5.41 Å². The number of nitrogens with zero attached hydrogens (tertiary/aromatic N) is 10. The lowest BCUT2D eigenvalue weighted by Gasteiger charge is -2.44. The van der Waals surface area contributed by atoms with Gasteiger partial charge in [-0.2, -0.15) is 0 Å². The summed E-state index contributed by atoms with van der Waals surface area (Å²) in [5.41, 5.74) is 33.8. The van der Waals surface area contributed by atoms with E-state index in [1.54, 1.807) is 0 Å². The monoisotopic (exact) mass is 1350 g/mol. The van der Waals surface area contributed by atoms with Crippen LogP contribution in [0.4, 0.5) is 11.4 Å². The minimum Gasteiger partial charge on any atom is -0.367 e. The number of benzene rings is 2. The molecule has 0 amide bonds. The summed E-state index contributed by atoms with van der Waals surface area (Å²) in [4.78, 5) is 37.0. The van der Waals surface area contributed by atoms with Crippen LogP contribution in [0.3, 0.4) is 0 Å². The van der Waals surface area contributed by atoms with Gasteiger partial charge in [0.05, 0.1) is 0 Å². The number of fused-ring (bicyclic) bond motifs is 16.